The number of hydrogen-bond acceptors (Lipinski definition) is 3. The summed E-state index contributed by atoms with van der Waals surface area (Å²) in [7, 11) is 1.72. The number of methoxy groups -OCH3 is 1. The number of rotatable bonds is 6. The van der Waals surface area contributed by atoms with Gasteiger partial charge in [-0.05, 0) is 31.4 Å². The zero-order valence-corrected chi connectivity index (χ0v) is 11.4. The van der Waals surface area contributed by atoms with Crippen molar-refractivity contribution in [2.75, 3.05) is 13.7 Å². The van der Waals surface area contributed by atoms with Crippen molar-refractivity contribution in [3.8, 4) is 0 Å². The summed E-state index contributed by atoms with van der Waals surface area (Å²) in [5, 5.41) is 0. The lowest BCUT2D eigenvalue weighted by molar-refractivity contribution is 0.188. The monoisotopic (exact) mass is 286 g/mol. The highest BCUT2D eigenvalue weighted by Crippen LogP contribution is 2.27. The summed E-state index contributed by atoms with van der Waals surface area (Å²) in [4.78, 5) is 0. The molecule has 16 heavy (non-hydrogen) atoms. The van der Waals surface area contributed by atoms with Crippen molar-refractivity contribution < 1.29 is 4.74 Å². The Bertz CT molecular complexity index is 331. The van der Waals surface area contributed by atoms with Crippen LogP contribution in [-0.4, -0.2) is 13.7 Å². The molecule has 0 heterocycles. The first-order chi connectivity index (χ1) is 7.69. The molecule has 1 rings (SSSR count). The summed E-state index contributed by atoms with van der Waals surface area (Å²) in [5.41, 5.74) is 5.31. The Morgan fingerprint density at radius 3 is 2.88 bits per heavy atom. The number of ether oxygens (including phenoxy) is 1. The molecule has 1 atom stereocenters. The Balaban J connectivity index is 2.73. The van der Waals surface area contributed by atoms with E-state index >= 15 is 0 Å². The van der Waals surface area contributed by atoms with Gasteiger partial charge in [-0.2, -0.15) is 0 Å². The standard InChI is InChI=1S/C12H19BrN2O/c1-9-5-6-11(13)10(8-9)12(15-14)4-3-7-16-2/h5-6,8,12,15H,3-4,7,14H2,1-2H3. The molecule has 3 N–H and O–H groups in total. The lowest BCUT2D eigenvalue weighted by Gasteiger charge is -2.18. The molecule has 0 spiro atoms. The molecule has 0 aromatic heterocycles. The molecular formula is C12H19BrN2O. The third-order valence-electron chi connectivity index (χ3n) is 2.57. The smallest absolute Gasteiger partial charge is 0.0472 e. The fourth-order valence-corrected chi connectivity index (χ4v) is 2.21. The van der Waals surface area contributed by atoms with Crippen molar-refractivity contribution >= 4 is 15.9 Å². The zero-order chi connectivity index (χ0) is 12.0. The Morgan fingerprint density at radius 2 is 2.25 bits per heavy atom. The van der Waals surface area contributed by atoms with Gasteiger partial charge in [0.15, 0.2) is 0 Å². The lowest BCUT2D eigenvalue weighted by Crippen LogP contribution is -2.28. The Hall–Kier alpha value is -0.420. The van der Waals surface area contributed by atoms with E-state index in [2.05, 4.69) is 46.5 Å². The van der Waals surface area contributed by atoms with E-state index in [4.69, 9.17) is 10.6 Å². The van der Waals surface area contributed by atoms with Gasteiger partial charge in [0.25, 0.3) is 0 Å². The van der Waals surface area contributed by atoms with Gasteiger partial charge in [0.1, 0.15) is 0 Å². The minimum atomic E-state index is 0.171. The normalized spacial score (nSPS) is 12.8. The second-order valence-corrected chi connectivity index (χ2v) is 4.73. The predicted octanol–water partition coefficient (Wildman–Crippen LogP) is 2.69. The maximum Gasteiger partial charge on any atom is 0.0472 e. The highest BCUT2D eigenvalue weighted by atomic mass is 79.9. The summed E-state index contributed by atoms with van der Waals surface area (Å²) in [6.45, 7) is 2.85. The van der Waals surface area contributed by atoms with Crippen molar-refractivity contribution in [2.45, 2.75) is 25.8 Å². The van der Waals surface area contributed by atoms with Gasteiger partial charge in [-0.3, -0.25) is 11.3 Å². The van der Waals surface area contributed by atoms with E-state index in [1.165, 1.54) is 11.1 Å². The fraction of sp³-hybridized carbons (Fsp3) is 0.500. The van der Waals surface area contributed by atoms with Crippen LogP contribution in [0.3, 0.4) is 0 Å². The maximum absolute atomic E-state index is 5.59. The van der Waals surface area contributed by atoms with Gasteiger partial charge < -0.3 is 4.74 Å². The van der Waals surface area contributed by atoms with Gasteiger partial charge in [-0.15, -0.1) is 0 Å². The molecule has 0 aliphatic heterocycles. The highest BCUT2D eigenvalue weighted by Gasteiger charge is 2.12. The van der Waals surface area contributed by atoms with Crippen LogP contribution in [-0.2, 0) is 4.74 Å². The molecule has 90 valence electrons. The average molecular weight is 287 g/mol. The molecule has 4 heteroatoms. The molecule has 1 unspecified atom stereocenters. The van der Waals surface area contributed by atoms with Crippen LogP contribution in [0.1, 0.15) is 30.0 Å². The number of hydrazine groups is 1. The van der Waals surface area contributed by atoms with E-state index in [0.29, 0.717) is 0 Å². The van der Waals surface area contributed by atoms with E-state index in [1.807, 2.05) is 0 Å². The fourth-order valence-electron chi connectivity index (χ4n) is 1.69. The number of aryl methyl sites for hydroxylation is 1. The number of nitrogens with one attached hydrogen (secondary N) is 1. The van der Waals surface area contributed by atoms with Gasteiger partial charge in [0.05, 0.1) is 0 Å². The van der Waals surface area contributed by atoms with Crippen LogP contribution in [0, 0.1) is 6.92 Å². The third-order valence-corrected chi connectivity index (χ3v) is 3.29. The number of nitrogens with two attached hydrogens (primary N) is 1. The molecule has 0 amide bonds. The van der Waals surface area contributed by atoms with Crippen LogP contribution >= 0.6 is 15.9 Å². The van der Waals surface area contributed by atoms with Crippen LogP contribution < -0.4 is 11.3 Å². The Labute approximate surface area is 105 Å². The Kier molecular flexibility index (Phi) is 5.98. The first-order valence-corrected chi connectivity index (χ1v) is 6.19. The molecule has 1 aromatic rings. The third kappa shape index (κ3) is 3.87. The highest BCUT2D eigenvalue weighted by molar-refractivity contribution is 9.10. The first kappa shape index (κ1) is 13.6. The summed E-state index contributed by atoms with van der Waals surface area (Å²) >= 11 is 3.55. The Morgan fingerprint density at radius 1 is 1.50 bits per heavy atom. The van der Waals surface area contributed by atoms with Crippen LogP contribution in [0.4, 0.5) is 0 Å². The van der Waals surface area contributed by atoms with Crippen molar-refractivity contribution in [3.05, 3.63) is 33.8 Å². The average Bonchev–Trinajstić information content (AvgIpc) is 2.28. The van der Waals surface area contributed by atoms with Gasteiger partial charge >= 0.3 is 0 Å². The molecule has 0 saturated carbocycles. The van der Waals surface area contributed by atoms with Crippen molar-refractivity contribution in [2.24, 2.45) is 5.84 Å². The molecule has 0 bridgehead atoms. The topological polar surface area (TPSA) is 47.3 Å². The summed E-state index contributed by atoms with van der Waals surface area (Å²) in [6, 6.07) is 6.47. The molecule has 3 nitrogen and oxygen atoms in total. The van der Waals surface area contributed by atoms with Gasteiger partial charge in [0.2, 0.25) is 0 Å². The van der Waals surface area contributed by atoms with Crippen molar-refractivity contribution in [1.82, 2.24) is 5.43 Å². The molecule has 0 aliphatic carbocycles. The van der Waals surface area contributed by atoms with Crippen LogP contribution in [0.2, 0.25) is 0 Å². The van der Waals surface area contributed by atoms with E-state index in [9.17, 15) is 0 Å². The van der Waals surface area contributed by atoms with Gasteiger partial charge in [0, 0.05) is 24.2 Å². The zero-order valence-electron chi connectivity index (χ0n) is 9.79. The minimum Gasteiger partial charge on any atom is -0.385 e. The molecular weight excluding hydrogens is 268 g/mol. The van der Waals surface area contributed by atoms with Crippen molar-refractivity contribution in [3.63, 3.8) is 0 Å². The van der Waals surface area contributed by atoms with E-state index in [-0.39, 0.29) is 6.04 Å². The second-order valence-electron chi connectivity index (χ2n) is 3.88. The van der Waals surface area contributed by atoms with E-state index in [1.54, 1.807) is 7.11 Å². The van der Waals surface area contributed by atoms with Gasteiger partial charge in [-0.25, -0.2) is 0 Å². The largest absolute Gasteiger partial charge is 0.385 e. The predicted molar refractivity (Wildman–Crippen MR) is 70.1 cm³/mol. The summed E-state index contributed by atoms with van der Waals surface area (Å²) in [6.07, 6.45) is 1.96. The van der Waals surface area contributed by atoms with E-state index in [0.717, 1.165) is 23.9 Å². The number of benzene rings is 1. The second kappa shape index (κ2) is 7.01. The summed E-state index contributed by atoms with van der Waals surface area (Å²) in [5.74, 6) is 5.59. The quantitative estimate of drug-likeness (QED) is 0.480. The SMILES string of the molecule is COCCCC(NN)c1cc(C)ccc1Br. The molecule has 0 aliphatic rings. The molecule has 0 fully saturated rings. The van der Waals surface area contributed by atoms with Crippen LogP contribution in [0.25, 0.3) is 0 Å². The lowest BCUT2D eigenvalue weighted by atomic mass is 10.0. The van der Waals surface area contributed by atoms with Crippen molar-refractivity contribution in [1.29, 1.82) is 0 Å². The van der Waals surface area contributed by atoms with E-state index < -0.39 is 0 Å². The molecule has 0 saturated heterocycles. The molecule has 1 aromatic carbocycles. The van der Waals surface area contributed by atoms with Crippen LogP contribution in [0.5, 0.6) is 0 Å². The van der Waals surface area contributed by atoms with Gasteiger partial charge in [-0.1, -0.05) is 33.6 Å². The summed E-state index contributed by atoms with van der Waals surface area (Å²) < 4.78 is 6.14. The van der Waals surface area contributed by atoms with Crippen LogP contribution in [0.15, 0.2) is 22.7 Å². The number of halogens is 1. The molecule has 0 radical (unpaired) electrons. The maximum atomic E-state index is 5.59. The minimum absolute atomic E-state index is 0.171. The number of hydrogen-bond donors (Lipinski definition) is 2. The first-order valence-electron chi connectivity index (χ1n) is 5.40.